The first kappa shape index (κ1) is 12.2. The first-order valence-electron chi connectivity index (χ1n) is 4.66. The van der Waals surface area contributed by atoms with E-state index in [1.165, 1.54) is 18.4 Å². The van der Waals surface area contributed by atoms with E-state index in [1.807, 2.05) is 16.8 Å². The molecule has 4 nitrogen and oxygen atoms in total. The van der Waals surface area contributed by atoms with Gasteiger partial charge in [0.25, 0.3) is 0 Å². The number of nitrogens with one attached hydrogen (secondary N) is 1. The van der Waals surface area contributed by atoms with Crippen LogP contribution in [0.4, 0.5) is 0 Å². The molecule has 0 saturated heterocycles. The third-order valence-corrected chi connectivity index (χ3v) is 2.80. The van der Waals surface area contributed by atoms with Crippen molar-refractivity contribution >= 4 is 17.3 Å². The summed E-state index contributed by atoms with van der Waals surface area (Å²) < 4.78 is 4.55. The molecule has 0 bridgehead atoms. The Bertz CT molecular complexity index is 300. The molecule has 2 unspecified atom stereocenters. The predicted octanol–water partition coefficient (Wildman–Crippen LogP) is 0.933. The minimum atomic E-state index is -0.580. The quantitative estimate of drug-likeness (QED) is 0.738. The molecule has 1 rings (SSSR count). The molecule has 5 heteroatoms. The Morgan fingerprint density at radius 1 is 1.73 bits per heavy atom. The molecule has 84 valence electrons. The van der Waals surface area contributed by atoms with E-state index >= 15 is 0 Å². The molecule has 0 aliphatic heterocycles. The van der Waals surface area contributed by atoms with E-state index in [1.54, 1.807) is 6.92 Å². The number of thiophene rings is 1. The van der Waals surface area contributed by atoms with Gasteiger partial charge in [-0.3, -0.25) is 4.79 Å². The smallest absolute Gasteiger partial charge is 0.322 e. The first-order valence-corrected chi connectivity index (χ1v) is 5.60. The van der Waals surface area contributed by atoms with Gasteiger partial charge in [0.05, 0.1) is 13.2 Å². The summed E-state index contributed by atoms with van der Waals surface area (Å²) in [7, 11) is 1.34. The molecule has 0 fully saturated rings. The average molecular weight is 229 g/mol. The molecule has 0 amide bonds. The summed E-state index contributed by atoms with van der Waals surface area (Å²) in [4.78, 5) is 11.0. The van der Waals surface area contributed by atoms with Gasteiger partial charge in [-0.15, -0.1) is 0 Å². The lowest BCUT2D eigenvalue weighted by molar-refractivity contribution is -0.142. The molecule has 2 atom stereocenters. The lowest BCUT2D eigenvalue weighted by Gasteiger charge is -2.14. The normalized spacial score (nSPS) is 14.6. The van der Waals surface area contributed by atoms with Gasteiger partial charge in [-0.1, -0.05) is 0 Å². The second kappa shape index (κ2) is 5.85. The minimum absolute atomic E-state index is 0.326. The number of aliphatic hydroxyl groups excluding tert-OH is 1. The fourth-order valence-corrected chi connectivity index (χ4v) is 1.84. The van der Waals surface area contributed by atoms with Crippen molar-refractivity contribution in [2.24, 2.45) is 0 Å². The van der Waals surface area contributed by atoms with Crippen molar-refractivity contribution in [2.75, 3.05) is 13.7 Å². The fourth-order valence-electron chi connectivity index (χ4n) is 1.13. The largest absolute Gasteiger partial charge is 0.468 e. The van der Waals surface area contributed by atoms with Gasteiger partial charge in [-0.25, -0.2) is 0 Å². The maximum atomic E-state index is 11.0. The Morgan fingerprint density at radius 2 is 2.47 bits per heavy atom. The fraction of sp³-hybridized carbons (Fsp3) is 0.500. The van der Waals surface area contributed by atoms with Crippen LogP contribution in [-0.4, -0.2) is 30.8 Å². The Kier molecular flexibility index (Phi) is 4.74. The number of hydrogen-bond donors (Lipinski definition) is 2. The molecule has 0 aliphatic rings. The van der Waals surface area contributed by atoms with Gasteiger partial charge in [0.1, 0.15) is 6.04 Å². The third-order valence-electron chi connectivity index (χ3n) is 2.10. The van der Waals surface area contributed by atoms with Crippen LogP contribution in [0.15, 0.2) is 16.8 Å². The number of rotatable bonds is 5. The molecule has 1 heterocycles. The molecular weight excluding hydrogens is 214 g/mol. The van der Waals surface area contributed by atoms with Crippen LogP contribution < -0.4 is 5.32 Å². The number of hydrogen-bond acceptors (Lipinski definition) is 5. The van der Waals surface area contributed by atoms with Crippen molar-refractivity contribution in [2.45, 2.75) is 19.1 Å². The molecule has 15 heavy (non-hydrogen) atoms. The number of esters is 1. The van der Waals surface area contributed by atoms with Crippen LogP contribution in [0.2, 0.25) is 0 Å². The summed E-state index contributed by atoms with van der Waals surface area (Å²) in [6.07, 6.45) is -0.580. The maximum Gasteiger partial charge on any atom is 0.322 e. The average Bonchev–Trinajstić information content (AvgIpc) is 2.77. The van der Waals surface area contributed by atoms with Gasteiger partial charge in [-0.2, -0.15) is 11.3 Å². The molecule has 0 radical (unpaired) electrons. The van der Waals surface area contributed by atoms with Gasteiger partial charge < -0.3 is 15.2 Å². The molecule has 0 aliphatic carbocycles. The summed E-state index contributed by atoms with van der Waals surface area (Å²) in [5, 5.41) is 16.4. The molecule has 1 aromatic heterocycles. The predicted molar refractivity (Wildman–Crippen MR) is 58.8 cm³/mol. The van der Waals surface area contributed by atoms with Gasteiger partial charge in [0, 0.05) is 6.54 Å². The van der Waals surface area contributed by atoms with Gasteiger partial charge in [-0.05, 0) is 29.3 Å². The van der Waals surface area contributed by atoms with E-state index in [9.17, 15) is 9.90 Å². The molecule has 0 aromatic carbocycles. The molecular formula is C10H15NO3S. The molecule has 0 spiro atoms. The van der Waals surface area contributed by atoms with Crippen molar-refractivity contribution < 1.29 is 14.6 Å². The second-order valence-electron chi connectivity index (χ2n) is 3.23. The molecule has 2 N–H and O–H groups in total. The monoisotopic (exact) mass is 229 g/mol. The maximum absolute atomic E-state index is 11.0. The van der Waals surface area contributed by atoms with E-state index < -0.39 is 12.1 Å². The number of ether oxygens (including phenoxy) is 1. The van der Waals surface area contributed by atoms with Crippen molar-refractivity contribution in [1.82, 2.24) is 5.32 Å². The Labute approximate surface area is 92.9 Å². The highest BCUT2D eigenvalue weighted by Gasteiger charge is 2.14. The van der Waals surface area contributed by atoms with Crippen LogP contribution in [0.5, 0.6) is 0 Å². The minimum Gasteiger partial charge on any atom is -0.468 e. The highest BCUT2D eigenvalue weighted by Crippen LogP contribution is 2.15. The van der Waals surface area contributed by atoms with Crippen molar-refractivity contribution in [1.29, 1.82) is 0 Å². The zero-order valence-electron chi connectivity index (χ0n) is 8.77. The van der Waals surface area contributed by atoms with Crippen LogP contribution in [0, 0.1) is 0 Å². The van der Waals surface area contributed by atoms with Crippen LogP contribution in [-0.2, 0) is 9.53 Å². The van der Waals surface area contributed by atoms with E-state index in [0.29, 0.717) is 6.54 Å². The Hall–Kier alpha value is -0.910. The van der Waals surface area contributed by atoms with Gasteiger partial charge >= 0.3 is 5.97 Å². The lowest BCUT2D eigenvalue weighted by atomic mass is 10.2. The zero-order valence-corrected chi connectivity index (χ0v) is 9.58. The summed E-state index contributed by atoms with van der Waals surface area (Å²) in [5.74, 6) is -0.326. The second-order valence-corrected chi connectivity index (χ2v) is 4.01. The summed E-state index contributed by atoms with van der Waals surface area (Å²) in [6.45, 7) is 2.04. The number of carbonyl (C=O) groups is 1. The number of methoxy groups -OCH3 is 1. The zero-order chi connectivity index (χ0) is 11.3. The number of carbonyl (C=O) groups excluding carboxylic acids is 1. The Balaban J connectivity index is 2.34. The topological polar surface area (TPSA) is 58.6 Å². The number of aliphatic hydroxyl groups is 1. The SMILES string of the molecule is COC(=O)C(C)NCC(O)c1ccsc1. The highest BCUT2D eigenvalue weighted by atomic mass is 32.1. The van der Waals surface area contributed by atoms with Crippen LogP contribution in [0.1, 0.15) is 18.6 Å². The first-order chi connectivity index (χ1) is 7.15. The van der Waals surface area contributed by atoms with Crippen LogP contribution >= 0.6 is 11.3 Å². The van der Waals surface area contributed by atoms with E-state index in [2.05, 4.69) is 10.1 Å². The van der Waals surface area contributed by atoms with Crippen LogP contribution in [0.25, 0.3) is 0 Å². The molecule has 0 saturated carbocycles. The van der Waals surface area contributed by atoms with Crippen LogP contribution in [0.3, 0.4) is 0 Å². The molecule has 1 aromatic rings. The van der Waals surface area contributed by atoms with E-state index in [4.69, 9.17) is 0 Å². The highest BCUT2D eigenvalue weighted by molar-refractivity contribution is 7.07. The lowest BCUT2D eigenvalue weighted by Crippen LogP contribution is -2.37. The summed E-state index contributed by atoms with van der Waals surface area (Å²) >= 11 is 1.53. The standard InChI is InChI=1S/C10H15NO3S/c1-7(10(13)14-2)11-5-9(12)8-3-4-15-6-8/h3-4,6-7,9,11-12H,5H2,1-2H3. The summed E-state index contributed by atoms with van der Waals surface area (Å²) in [6, 6.07) is 1.46. The van der Waals surface area contributed by atoms with E-state index in [0.717, 1.165) is 5.56 Å². The van der Waals surface area contributed by atoms with E-state index in [-0.39, 0.29) is 5.97 Å². The third kappa shape index (κ3) is 3.62. The Morgan fingerprint density at radius 3 is 3.00 bits per heavy atom. The van der Waals surface area contributed by atoms with Crippen molar-refractivity contribution in [3.63, 3.8) is 0 Å². The summed E-state index contributed by atoms with van der Waals surface area (Å²) in [5.41, 5.74) is 0.865. The van der Waals surface area contributed by atoms with Gasteiger partial charge in [0.2, 0.25) is 0 Å². The van der Waals surface area contributed by atoms with Crippen molar-refractivity contribution in [3.05, 3.63) is 22.4 Å². The van der Waals surface area contributed by atoms with Gasteiger partial charge in [0.15, 0.2) is 0 Å². The van der Waals surface area contributed by atoms with Crippen molar-refractivity contribution in [3.8, 4) is 0 Å².